The van der Waals surface area contributed by atoms with E-state index in [2.05, 4.69) is 11.1 Å². The molecule has 2 aromatic carbocycles. The largest absolute Gasteiger partial charge is 0.493 e. The van der Waals surface area contributed by atoms with Crippen molar-refractivity contribution in [3.63, 3.8) is 0 Å². The number of ether oxygens (including phenoxy) is 3. The molecule has 1 saturated heterocycles. The Morgan fingerprint density at radius 3 is 2.27 bits per heavy atom. The van der Waals surface area contributed by atoms with E-state index < -0.39 is 17.1 Å². The molecule has 1 atom stereocenters. The van der Waals surface area contributed by atoms with E-state index in [1.54, 1.807) is 18.2 Å². The van der Waals surface area contributed by atoms with Gasteiger partial charge in [-0.2, -0.15) is 10.5 Å². The summed E-state index contributed by atoms with van der Waals surface area (Å²) >= 11 is 1.00. The molecule has 1 saturated carbocycles. The number of carbonyl (C=O) groups is 3. The number of nitrogens with zero attached hydrogens (tertiary/aromatic N) is 4. The molecule has 2 amide bonds. The standard InChI is InChI=1S/C32H27N5O6S/c1-41-24-13-9-19(28(42-2)29(24)43-3)8-12-23(38)17-6-10-20(11-7-17)37-26(39)14-25(32(37)40)44-31-22(16-34)27(18-4-5-18)21(15-33)30(35)36-31/h6-13,18,25H,4-5,14H2,1-3H3,(H2,35,36). The second-order valence-electron chi connectivity index (χ2n) is 10.0. The third-order valence-corrected chi connectivity index (χ3v) is 8.53. The van der Waals surface area contributed by atoms with Crippen molar-refractivity contribution in [3.8, 4) is 29.4 Å². The third-order valence-electron chi connectivity index (χ3n) is 7.36. The van der Waals surface area contributed by atoms with Gasteiger partial charge in [-0.15, -0.1) is 0 Å². The summed E-state index contributed by atoms with van der Waals surface area (Å²) in [6, 6.07) is 13.8. The Morgan fingerprint density at radius 1 is 1.00 bits per heavy atom. The number of nitrogens with two attached hydrogens (primary N) is 1. The Bertz CT molecular complexity index is 1790. The molecule has 0 bridgehead atoms. The van der Waals surface area contributed by atoms with E-state index in [1.807, 2.05) is 6.07 Å². The average Bonchev–Trinajstić information content (AvgIpc) is 3.84. The first-order valence-corrected chi connectivity index (χ1v) is 14.4. The van der Waals surface area contributed by atoms with E-state index in [0.717, 1.165) is 29.5 Å². The molecular weight excluding hydrogens is 582 g/mol. The normalized spacial score (nSPS) is 16.1. The lowest BCUT2D eigenvalue weighted by Gasteiger charge is -2.16. The molecule has 1 unspecified atom stereocenters. The molecule has 12 heteroatoms. The fourth-order valence-corrected chi connectivity index (χ4v) is 6.21. The van der Waals surface area contributed by atoms with Crippen molar-refractivity contribution in [2.75, 3.05) is 32.0 Å². The lowest BCUT2D eigenvalue weighted by molar-refractivity contribution is -0.121. The summed E-state index contributed by atoms with van der Waals surface area (Å²) in [6.07, 6.45) is 4.55. The lowest BCUT2D eigenvalue weighted by Crippen LogP contribution is -2.31. The number of hydrogen-bond acceptors (Lipinski definition) is 11. The SMILES string of the molecule is COc1ccc(C=CC(=O)c2ccc(N3C(=O)CC(Sc4nc(N)c(C#N)c(C5CC5)c4C#N)C3=O)cc2)c(OC)c1OC. The molecule has 11 nitrogen and oxygen atoms in total. The number of hydrogen-bond donors (Lipinski definition) is 1. The Morgan fingerprint density at radius 2 is 1.68 bits per heavy atom. The zero-order valence-corrected chi connectivity index (χ0v) is 24.9. The number of benzene rings is 2. The van der Waals surface area contributed by atoms with Crippen molar-refractivity contribution < 1.29 is 28.6 Å². The van der Waals surface area contributed by atoms with E-state index in [9.17, 15) is 24.9 Å². The highest BCUT2D eigenvalue weighted by Gasteiger charge is 2.42. The van der Waals surface area contributed by atoms with Crippen LogP contribution in [-0.2, 0) is 9.59 Å². The number of pyridine rings is 1. The van der Waals surface area contributed by atoms with Crippen LogP contribution >= 0.6 is 11.8 Å². The maximum absolute atomic E-state index is 13.4. The summed E-state index contributed by atoms with van der Waals surface area (Å²) in [5.41, 5.74) is 8.29. The third kappa shape index (κ3) is 5.55. The molecular formula is C32H27N5O6S. The van der Waals surface area contributed by atoms with Gasteiger partial charge in [0.2, 0.25) is 17.6 Å². The van der Waals surface area contributed by atoms with Crippen molar-refractivity contribution in [1.29, 1.82) is 10.5 Å². The van der Waals surface area contributed by atoms with Gasteiger partial charge in [0.15, 0.2) is 17.3 Å². The second kappa shape index (κ2) is 12.5. The number of amides is 2. The van der Waals surface area contributed by atoms with Gasteiger partial charge in [0.25, 0.3) is 0 Å². The van der Waals surface area contributed by atoms with Gasteiger partial charge in [0.05, 0.1) is 43.4 Å². The molecule has 1 aromatic heterocycles. The minimum absolute atomic E-state index is 0.00315. The number of imide groups is 1. The molecule has 5 rings (SSSR count). The molecule has 2 aliphatic rings. The maximum atomic E-state index is 13.4. The van der Waals surface area contributed by atoms with Crippen LogP contribution < -0.4 is 24.8 Å². The number of nitrogen functional groups attached to an aromatic ring is 1. The van der Waals surface area contributed by atoms with Gasteiger partial charge in [-0.05, 0) is 72.9 Å². The summed E-state index contributed by atoms with van der Waals surface area (Å²) in [5.74, 6) is 0.157. The van der Waals surface area contributed by atoms with Gasteiger partial charge in [-0.25, -0.2) is 9.88 Å². The van der Waals surface area contributed by atoms with Gasteiger partial charge >= 0.3 is 0 Å². The van der Waals surface area contributed by atoms with Crippen LogP contribution in [0.25, 0.3) is 6.08 Å². The zero-order chi connectivity index (χ0) is 31.5. The van der Waals surface area contributed by atoms with Crippen LogP contribution in [0, 0.1) is 22.7 Å². The number of methoxy groups -OCH3 is 3. The van der Waals surface area contributed by atoms with Gasteiger partial charge < -0.3 is 19.9 Å². The molecule has 1 aliphatic heterocycles. The topological polar surface area (TPSA) is 169 Å². The predicted octanol–water partition coefficient (Wildman–Crippen LogP) is 4.63. The summed E-state index contributed by atoms with van der Waals surface area (Å²) < 4.78 is 16.1. The highest BCUT2D eigenvalue weighted by Crippen LogP contribution is 2.47. The van der Waals surface area contributed by atoms with Crippen LogP contribution in [0.4, 0.5) is 11.5 Å². The van der Waals surface area contributed by atoms with Crippen molar-refractivity contribution >= 4 is 46.9 Å². The Hall–Kier alpha value is -5.33. The summed E-state index contributed by atoms with van der Waals surface area (Å²) in [6.45, 7) is 0. The van der Waals surface area contributed by atoms with Crippen LogP contribution in [-0.4, -0.2) is 49.2 Å². The maximum Gasteiger partial charge on any atom is 0.247 e. The molecule has 44 heavy (non-hydrogen) atoms. The highest BCUT2D eigenvalue weighted by atomic mass is 32.2. The zero-order valence-electron chi connectivity index (χ0n) is 24.1. The monoisotopic (exact) mass is 609 g/mol. The average molecular weight is 610 g/mol. The Kier molecular flexibility index (Phi) is 8.56. The van der Waals surface area contributed by atoms with Crippen molar-refractivity contribution in [1.82, 2.24) is 4.98 Å². The highest BCUT2D eigenvalue weighted by molar-refractivity contribution is 8.00. The lowest BCUT2D eigenvalue weighted by atomic mass is 10.0. The number of thioether (sulfide) groups is 1. The summed E-state index contributed by atoms with van der Waals surface area (Å²) in [5, 5.41) is 18.9. The first kappa shape index (κ1) is 30.1. The number of aromatic nitrogens is 1. The van der Waals surface area contributed by atoms with E-state index in [-0.39, 0.29) is 40.1 Å². The number of rotatable bonds is 10. The van der Waals surface area contributed by atoms with Crippen LogP contribution in [0.1, 0.15) is 57.8 Å². The molecule has 2 heterocycles. The predicted molar refractivity (Wildman–Crippen MR) is 163 cm³/mol. The first-order valence-electron chi connectivity index (χ1n) is 13.5. The van der Waals surface area contributed by atoms with E-state index in [1.165, 1.54) is 51.7 Å². The van der Waals surface area contributed by atoms with Gasteiger partial charge in [-0.1, -0.05) is 11.8 Å². The second-order valence-corrected chi connectivity index (χ2v) is 11.2. The Labute approximate surface area is 257 Å². The fourth-order valence-electron chi connectivity index (χ4n) is 5.08. The molecule has 2 N–H and O–H groups in total. The minimum Gasteiger partial charge on any atom is -0.493 e. The van der Waals surface area contributed by atoms with E-state index >= 15 is 0 Å². The number of allylic oxidation sites excluding steroid dienone is 1. The number of carbonyl (C=O) groups excluding carboxylic acids is 3. The van der Waals surface area contributed by atoms with E-state index in [0.29, 0.717) is 39.6 Å². The van der Waals surface area contributed by atoms with Gasteiger partial charge in [0.1, 0.15) is 23.0 Å². The fraction of sp³-hybridized carbons (Fsp3) is 0.250. The number of nitriles is 2. The van der Waals surface area contributed by atoms with Gasteiger partial charge in [-0.3, -0.25) is 14.4 Å². The summed E-state index contributed by atoms with van der Waals surface area (Å²) in [7, 11) is 4.50. The van der Waals surface area contributed by atoms with Crippen LogP contribution in [0.2, 0.25) is 0 Å². The molecule has 3 aromatic rings. The number of ketones is 1. The van der Waals surface area contributed by atoms with Crippen molar-refractivity contribution in [3.05, 3.63) is 70.3 Å². The molecule has 0 radical (unpaired) electrons. The molecule has 2 fully saturated rings. The number of anilines is 2. The van der Waals surface area contributed by atoms with Crippen molar-refractivity contribution in [2.45, 2.75) is 35.5 Å². The van der Waals surface area contributed by atoms with Crippen LogP contribution in [0.5, 0.6) is 17.2 Å². The van der Waals surface area contributed by atoms with Crippen LogP contribution in [0.15, 0.2) is 47.5 Å². The van der Waals surface area contributed by atoms with Gasteiger partial charge in [0, 0.05) is 17.5 Å². The first-order chi connectivity index (χ1) is 21.3. The minimum atomic E-state index is -0.831. The molecule has 0 spiro atoms. The summed E-state index contributed by atoms with van der Waals surface area (Å²) in [4.78, 5) is 44.6. The smallest absolute Gasteiger partial charge is 0.247 e. The van der Waals surface area contributed by atoms with E-state index in [4.69, 9.17) is 19.9 Å². The van der Waals surface area contributed by atoms with Crippen molar-refractivity contribution in [2.24, 2.45) is 0 Å². The van der Waals surface area contributed by atoms with Crippen LogP contribution in [0.3, 0.4) is 0 Å². The quantitative estimate of drug-likeness (QED) is 0.193. The Balaban J connectivity index is 1.33. The molecule has 1 aliphatic carbocycles. The molecule has 222 valence electrons.